The molecule has 0 unspecified atom stereocenters. The lowest BCUT2D eigenvalue weighted by Crippen LogP contribution is -2.65. The summed E-state index contributed by atoms with van der Waals surface area (Å²) in [5, 5.41) is 3.54. The Kier molecular flexibility index (Phi) is 5.32. The number of pyridine rings is 1. The van der Waals surface area contributed by atoms with Gasteiger partial charge in [0.15, 0.2) is 0 Å². The molecule has 0 aliphatic carbocycles. The Morgan fingerprint density at radius 2 is 1.92 bits per heavy atom. The Labute approximate surface area is 158 Å². The molecule has 2 heterocycles. The predicted octanol–water partition coefficient (Wildman–Crippen LogP) is 1.86. The fourth-order valence-electron chi connectivity index (χ4n) is 3.06. The molecular formula is C18H20ClN3O3S. The first-order chi connectivity index (χ1) is 12.3. The number of sulfonamides is 1. The zero-order valence-corrected chi connectivity index (χ0v) is 15.9. The van der Waals surface area contributed by atoms with E-state index in [2.05, 4.69) is 10.3 Å². The van der Waals surface area contributed by atoms with Gasteiger partial charge in [-0.15, -0.1) is 0 Å². The number of hydrogen-bond acceptors (Lipinski definition) is 4. The maximum absolute atomic E-state index is 12.9. The molecule has 1 fully saturated rings. The molecular weight excluding hydrogens is 374 g/mol. The van der Waals surface area contributed by atoms with Gasteiger partial charge in [-0.05, 0) is 35.7 Å². The van der Waals surface area contributed by atoms with Crippen molar-refractivity contribution in [3.05, 3.63) is 64.9 Å². The van der Waals surface area contributed by atoms with Gasteiger partial charge in [0.05, 0.1) is 11.7 Å². The van der Waals surface area contributed by atoms with Crippen LogP contribution in [0.5, 0.6) is 0 Å². The van der Waals surface area contributed by atoms with E-state index in [9.17, 15) is 13.2 Å². The number of hydrogen-bond donors (Lipinski definition) is 1. The van der Waals surface area contributed by atoms with E-state index in [1.807, 2.05) is 18.2 Å². The van der Waals surface area contributed by atoms with Crippen LogP contribution >= 0.6 is 11.6 Å². The SMILES string of the molecule is CS(=O)(=O)N1CC(Cc2ccc(Cl)cc2)(C(=O)NCc2cccnc2)C1. The minimum Gasteiger partial charge on any atom is -0.351 e. The van der Waals surface area contributed by atoms with Gasteiger partial charge in [-0.3, -0.25) is 9.78 Å². The van der Waals surface area contributed by atoms with Crippen LogP contribution in [-0.2, 0) is 27.8 Å². The van der Waals surface area contributed by atoms with Gasteiger partial charge in [-0.25, -0.2) is 8.42 Å². The largest absolute Gasteiger partial charge is 0.351 e. The molecule has 1 aliphatic heterocycles. The zero-order chi connectivity index (χ0) is 18.8. The second kappa shape index (κ2) is 7.34. The molecule has 1 N–H and O–H groups in total. The monoisotopic (exact) mass is 393 g/mol. The fraction of sp³-hybridized carbons (Fsp3) is 0.333. The van der Waals surface area contributed by atoms with Crippen molar-refractivity contribution in [1.82, 2.24) is 14.6 Å². The van der Waals surface area contributed by atoms with Crippen molar-refractivity contribution in [2.75, 3.05) is 19.3 Å². The average molecular weight is 394 g/mol. The van der Waals surface area contributed by atoms with E-state index in [0.717, 1.165) is 17.4 Å². The third-order valence-electron chi connectivity index (χ3n) is 4.54. The van der Waals surface area contributed by atoms with E-state index >= 15 is 0 Å². The summed E-state index contributed by atoms with van der Waals surface area (Å²) >= 11 is 5.92. The highest BCUT2D eigenvalue weighted by Crippen LogP contribution is 2.36. The number of amides is 1. The van der Waals surface area contributed by atoms with Crippen LogP contribution in [0, 0.1) is 5.41 Å². The van der Waals surface area contributed by atoms with Crippen LogP contribution in [0.2, 0.25) is 5.02 Å². The summed E-state index contributed by atoms with van der Waals surface area (Å²) in [5.74, 6) is -0.156. The van der Waals surface area contributed by atoms with Crippen LogP contribution in [0.25, 0.3) is 0 Å². The van der Waals surface area contributed by atoms with Crippen molar-refractivity contribution < 1.29 is 13.2 Å². The van der Waals surface area contributed by atoms with E-state index < -0.39 is 15.4 Å². The molecule has 26 heavy (non-hydrogen) atoms. The van der Waals surface area contributed by atoms with Gasteiger partial charge in [0.2, 0.25) is 15.9 Å². The van der Waals surface area contributed by atoms with E-state index in [1.165, 1.54) is 4.31 Å². The van der Waals surface area contributed by atoms with Gasteiger partial charge in [0.1, 0.15) is 0 Å². The van der Waals surface area contributed by atoms with Crippen molar-refractivity contribution in [3.63, 3.8) is 0 Å². The number of nitrogens with zero attached hydrogens (tertiary/aromatic N) is 2. The number of carbonyl (C=O) groups is 1. The second-order valence-electron chi connectivity index (χ2n) is 6.66. The molecule has 0 spiro atoms. The van der Waals surface area contributed by atoms with Gasteiger partial charge >= 0.3 is 0 Å². The highest BCUT2D eigenvalue weighted by atomic mass is 35.5. The zero-order valence-electron chi connectivity index (χ0n) is 14.4. The number of benzene rings is 1. The first-order valence-corrected chi connectivity index (χ1v) is 10.4. The topological polar surface area (TPSA) is 79.4 Å². The minimum absolute atomic E-state index is 0.156. The molecule has 8 heteroatoms. The Morgan fingerprint density at radius 1 is 1.23 bits per heavy atom. The van der Waals surface area contributed by atoms with E-state index in [1.54, 1.807) is 30.6 Å². The summed E-state index contributed by atoms with van der Waals surface area (Å²) < 4.78 is 24.9. The molecule has 0 radical (unpaired) electrons. The third kappa shape index (κ3) is 4.23. The fourth-order valence-corrected chi connectivity index (χ4v) is 4.15. The van der Waals surface area contributed by atoms with Crippen molar-refractivity contribution in [2.45, 2.75) is 13.0 Å². The van der Waals surface area contributed by atoms with Crippen LogP contribution in [0.3, 0.4) is 0 Å². The number of carbonyl (C=O) groups excluding carboxylic acids is 1. The Balaban J connectivity index is 1.75. The third-order valence-corrected chi connectivity index (χ3v) is 5.99. The Morgan fingerprint density at radius 3 is 2.50 bits per heavy atom. The van der Waals surface area contributed by atoms with Crippen LogP contribution in [0.4, 0.5) is 0 Å². The molecule has 138 valence electrons. The molecule has 1 aromatic carbocycles. The lowest BCUT2D eigenvalue weighted by Gasteiger charge is -2.47. The summed E-state index contributed by atoms with van der Waals surface area (Å²) in [6.07, 6.45) is 4.97. The Hall–Kier alpha value is -1.96. The molecule has 0 atom stereocenters. The standard InChI is InChI=1S/C18H20ClN3O3S/c1-26(24,25)22-12-18(13-22,9-14-4-6-16(19)7-5-14)17(23)21-11-15-3-2-8-20-10-15/h2-8,10H,9,11-13H2,1H3,(H,21,23). The van der Waals surface area contributed by atoms with Gasteiger partial charge in [0.25, 0.3) is 0 Å². The van der Waals surface area contributed by atoms with Gasteiger partial charge in [-0.1, -0.05) is 29.8 Å². The van der Waals surface area contributed by atoms with Gasteiger partial charge < -0.3 is 5.32 Å². The summed E-state index contributed by atoms with van der Waals surface area (Å²) in [6, 6.07) is 10.9. The normalized spacial score (nSPS) is 16.7. The van der Waals surface area contributed by atoms with Gasteiger partial charge in [0, 0.05) is 37.1 Å². The number of halogens is 1. The molecule has 2 aromatic rings. The van der Waals surface area contributed by atoms with Crippen LogP contribution in [0.15, 0.2) is 48.8 Å². The molecule has 1 aliphatic rings. The lowest BCUT2D eigenvalue weighted by molar-refractivity contribution is -0.137. The van der Waals surface area contributed by atoms with Crippen LogP contribution < -0.4 is 5.32 Å². The van der Waals surface area contributed by atoms with Crippen molar-refractivity contribution in [2.24, 2.45) is 5.41 Å². The predicted molar refractivity (Wildman–Crippen MR) is 100 cm³/mol. The van der Waals surface area contributed by atoms with Crippen molar-refractivity contribution in [3.8, 4) is 0 Å². The van der Waals surface area contributed by atoms with Crippen molar-refractivity contribution >= 4 is 27.5 Å². The smallest absolute Gasteiger partial charge is 0.229 e. The average Bonchev–Trinajstić information content (AvgIpc) is 2.57. The number of nitrogens with one attached hydrogen (secondary N) is 1. The minimum atomic E-state index is -3.31. The maximum Gasteiger partial charge on any atom is 0.229 e. The van der Waals surface area contributed by atoms with E-state index in [0.29, 0.717) is 18.0 Å². The molecule has 6 nitrogen and oxygen atoms in total. The molecule has 1 saturated heterocycles. The molecule has 0 saturated carbocycles. The first kappa shape index (κ1) is 18.8. The number of aromatic nitrogens is 1. The summed E-state index contributed by atoms with van der Waals surface area (Å²) in [5.41, 5.74) is 1.06. The summed E-state index contributed by atoms with van der Waals surface area (Å²) in [6.45, 7) is 0.703. The Bertz CT molecular complexity index is 880. The quantitative estimate of drug-likeness (QED) is 0.812. The lowest BCUT2D eigenvalue weighted by atomic mass is 9.75. The van der Waals surface area contributed by atoms with Crippen molar-refractivity contribution in [1.29, 1.82) is 0 Å². The molecule has 1 aromatic heterocycles. The first-order valence-electron chi connectivity index (χ1n) is 8.15. The molecule has 3 rings (SSSR count). The van der Waals surface area contributed by atoms with E-state index in [-0.39, 0.29) is 19.0 Å². The second-order valence-corrected chi connectivity index (χ2v) is 9.08. The highest BCUT2D eigenvalue weighted by Gasteiger charge is 2.52. The van der Waals surface area contributed by atoms with Gasteiger partial charge in [-0.2, -0.15) is 4.31 Å². The van der Waals surface area contributed by atoms with Crippen LogP contribution in [0.1, 0.15) is 11.1 Å². The molecule has 1 amide bonds. The summed E-state index contributed by atoms with van der Waals surface area (Å²) in [4.78, 5) is 16.9. The molecule has 0 bridgehead atoms. The number of rotatable bonds is 6. The van der Waals surface area contributed by atoms with E-state index in [4.69, 9.17) is 11.6 Å². The van der Waals surface area contributed by atoms with Crippen LogP contribution in [-0.4, -0.2) is 43.0 Å². The summed E-state index contributed by atoms with van der Waals surface area (Å²) in [7, 11) is -3.31. The maximum atomic E-state index is 12.9. The highest BCUT2D eigenvalue weighted by molar-refractivity contribution is 7.88.